The molecular formula is C25H22N2O7. The summed E-state index contributed by atoms with van der Waals surface area (Å²) in [5.74, 6) is -1.08. The normalized spacial score (nSPS) is 10.8. The summed E-state index contributed by atoms with van der Waals surface area (Å²) in [5, 5.41) is 14.1. The summed E-state index contributed by atoms with van der Waals surface area (Å²) >= 11 is 0. The Hall–Kier alpha value is -4.53. The van der Waals surface area contributed by atoms with Gasteiger partial charge in [-0.25, -0.2) is 4.79 Å². The Kier molecular flexibility index (Phi) is 6.09. The van der Waals surface area contributed by atoms with Gasteiger partial charge in [0, 0.05) is 17.0 Å². The second-order valence-electron chi connectivity index (χ2n) is 7.30. The molecule has 0 fully saturated rings. The fourth-order valence-electron chi connectivity index (χ4n) is 3.70. The first-order chi connectivity index (χ1) is 16.4. The molecule has 34 heavy (non-hydrogen) atoms. The number of fused-ring (bicyclic) bond motifs is 3. The third-order valence-electron chi connectivity index (χ3n) is 5.31. The fraction of sp³-hybridized carbons (Fsp3) is 0.160. The molecule has 2 N–H and O–H groups in total. The van der Waals surface area contributed by atoms with Crippen molar-refractivity contribution in [1.29, 1.82) is 0 Å². The Balaban J connectivity index is 2.05. The Morgan fingerprint density at radius 2 is 1.65 bits per heavy atom. The van der Waals surface area contributed by atoms with Crippen molar-refractivity contribution in [2.24, 2.45) is 0 Å². The van der Waals surface area contributed by atoms with Gasteiger partial charge in [0.1, 0.15) is 11.3 Å². The molecular weight excluding hydrogens is 440 g/mol. The maximum absolute atomic E-state index is 13.6. The maximum Gasteiger partial charge on any atom is 0.342 e. The van der Waals surface area contributed by atoms with Gasteiger partial charge in [-0.1, -0.05) is 18.2 Å². The molecule has 0 spiro atoms. The van der Waals surface area contributed by atoms with Crippen molar-refractivity contribution in [2.75, 3.05) is 26.1 Å². The second kappa shape index (κ2) is 9.14. The minimum absolute atomic E-state index is 0.0542. The SMILES string of the molecule is CCOC(=O)c1cc(NC(=O)c2ccccc2)c(=O)n2c(cc3cc(OC)c(OC)cc32)c1O. The van der Waals surface area contributed by atoms with Gasteiger partial charge in [-0.15, -0.1) is 0 Å². The van der Waals surface area contributed by atoms with Crippen LogP contribution in [0.5, 0.6) is 17.2 Å². The molecule has 0 bridgehead atoms. The van der Waals surface area contributed by atoms with E-state index in [0.717, 1.165) is 6.07 Å². The zero-order chi connectivity index (χ0) is 24.4. The summed E-state index contributed by atoms with van der Waals surface area (Å²) in [6.45, 7) is 1.68. The average Bonchev–Trinajstić information content (AvgIpc) is 3.19. The van der Waals surface area contributed by atoms with Gasteiger partial charge in [0.2, 0.25) is 0 Å². The van der Waals surface area contributed by atoms with E-state index in [0.29, 0.717) is 28.0 Å². The number of carbonyl (C=O) groups is 2. The third-order valence-corrected chi connectivity index (χ3v) is 5.31. The molecule has 0 aliphatic heterocycles. The maximum atomic E-state index is 13.6. The minimum Gasteiger partial charge on any atom is -0.505 e. The van der Waals surface area contributed by atoms with Crippen molar-refractivity contribution in [3.05, 3.63) is 76.1 Å². The van der Waals surface area contributed by atoms with Crippen molar-refractivity contribution in [2.45, 2.75) is 6.92 Å². The predicted octanol–water partition coefficient (Wildman–Crippen LogP) is 3.60. The van der Waals surface area contributed by atoms with E-state index < -0.39 is 23.2 Å². The highest BCUT2D eigenvalue weighted by Crippen LogP contribution is 2.36. The number of aromatic nitrogens is 1. The number of anilines is 1. The Morgan fingerprint density at radius 3 is 2.29 bits per heavy atom. The van der Waals surface area contributed by atoms with Crippen molar-refractivity contribution in [1.82, 2.24) is 4.40 Å². The summed E-state index contributed by atoms with van der Waals surface area (Å²) in [6, 6.07) is 14.2. The van der Waals surface area contributed by atoms with Crippen molar-refractivity contribution >= 4 is 34.0 Å². The molecule has 2 aromatic heterocycles. The summed E-state index contributed by atoms with van der Waals surface area (Å²) < 4.78 is 17.0. The standard InChI is InChI=1S/C25H22N2O7/c1-4-34-25(31)16-12-17(26-23(29)14-8-6-5-7-9-14)24(30)27-18-13-21(33-3)20(32-2)11-15(18)10-19(27)22(16)28/h5-13,28H,4H2,1-3H3,(H,26,29). The summed E-state index contributed by atoms with van der Waals surface area (Å²) in [6.07, 6.45) is 0. The van der Waals surface area contributed by atoms with Crippen LogP contribution in [-0.2, 0) is 4.74 Å². The number of benzene rings is 2. The number of esters is 1. The van der Waals surface area contributed by atoms with Crippen LogP contribution in [0, 0.1) is 0 Å². The fourth-order valence-corrected chi connectivity index (χ4v) is 3.70. The topological polar surface area (TPSA) is 116 Å². The lowest BCUT2D eigenvalue weighted by atomic mass is 10.2. The van der Waals surface area contributed by atoms with E-state index in [4.69, 9.17) is 14.2 Å². The third kappa shape index (κ3) is 3.88. The molecule has 0 saturated heterocycles. The minimum atomic E-state index is -0.840. The molecule has 0 aliphatic carbocycles. The molecule has 0 atom stereocenters. The molecule has 9 heteroatoms. The van der Waals surface area contributed by atoms with Crippen LogP contribution in [0.4, 0.5) is 5.69 Å². The molecule has 0 radical (unpaired) electrons. The number of carbonyl (C=O) groups excluding carboxylic acids is 2. The van der Waals surface area contributed by atoms with Gasteiger partial charge < -0.3 is 24.6 Å². The van der Waals surface area contributed by atoms with Crippen LogP contribution in [-0.4, -0.2) is 42.2 Å². The van der Waals surface area contributed by atoms with E-state index in [2.05, 4.69) is 5.32 Å². The zero-order valence-electron chi connectivity index (χ0n) is 18.7. The largest absolute Gasteiger partial charge is 0.505 e. The Labute approximate surface area is 194 Å². The van der Waals surface area contributed by atoms with Gasteiger partial charge >= 0.3 is 5.97 Å². The van der Waals surface area contributed by atoms with Gasteiger partial charge in [0.05, 0.1) is 31.9 Å². The monoisotopic (exact) mass is 462 g/mol. The zero-order valence-corrected chi connectivity index (χ0v) is 18.7. The molecule has 0 saturated carbocycles. The van der Waals surface area contributed by atoms with Crippen LogP contribution in [0.3, 0.4) is 0 Å². The lowest BCUT2D eigenvalue weighted by molar-refractivity contribution is 0.0523. The number of rotatable bonds is 6. The van der Waals surface area contributed by atoms with E-state index in [-0.39, 0.29) is 23.4 Å². The van der Waals surface area contributed by atoms with Gasteiger partial charge in [-0.05, 0) is 37.3 Å². The van der Waals surface area contributed by atoms with Gasteiger partial charge in [-0.3, -0.25) is 14.0 Å². The highest BCUT2D eigenvalue weighted by molar-refractivity contribution is 6.05. The number of nitrogens with zero attached hydrogens (tertiary/aromatic N) is 1. The molecule has 2 heterocycles. The van der Waals surface area contributed by atoms with Gasteiger partial charge in [-0.2, -0.15) is 0 Å². The number of nitrogens with one attached hydrogen (secondary N) is 1. The first-order valence-electron chi connectivity index (χ1n) is 10.4. The molecule has 174 valence electrons. The molecule has 2 aromatic carbocycles. The quantitative estimate of drug-likeness (QED) is 0.421. The average molecular weight is 462 g/mol. The van der Waals surface area contributed by atoms with Crippen LogP contribution < -0.4 is 20.3 Å². The van der Waals surface area contributed by atoms with E-state index in [1.165, 1.54) is 18.6 Å². The number of methoxy groups -OCH3 is 2. The van der Waals surface area contributed by atoms with E-state index in [9.17, 15) is 19.5 Å². The highest BCUT2D eigenvalue weighted by atomic mass is 16.5. The molecule has 9 nitrogen and oxygen atoms in total. The van der Waals surface area contributed by atoms with Crippen LogP contribution in [0.15, 0.2) is 59.4 Å². The van der Waals surface area contributed by atoms with Crippen LogP contribution in [0.25, 0.3) is 16.4 Å². The van der Waals surface area contributed by atoms with E-state index >= 15 is 0 Å². The molecule has 4 aromatic rings. The molecule has 0 unspecified atom stereocenters. The Morgan fingerprint density at radius 1 is 0.971 bits per heavy atom. The first kappa shape index (κ1) is 22.7. The van der Waals surface area contributed by atoms with Gasteiger partial charge in [0.25, 0.3) is 11.5 Å². The number of aromatic hydroxyl groups is 1. The van der Waals surface area contributed by atoms with Crippen LogP contribution in [0.1, 0.15) is 27.6 Å². The van der Waals surface area contributed by atoms with Crippen molar-refractivity contribution in [3.8, 4) is 17.2 Å². The highest BCUT2D eigenvalue weighted by Gasteiger charge is 2.22. The summed E-state index contributed by atoms with van der Waals surface area (Å²) in [4.78, 5) is 39.1. The molecule has 1 amide bonds. The Bertz CT molecular complexity index is 1480. The number of hydrogen-bond acceptors (Lipinski definition) is 7. The van der Waals surface area contributed by atoms with E-state index in [1.54, 1.807) is 55.5 Å². The number of ether oxygens (including phenoxy) is 3. The summed E-state index contributed by atoms with van der Waals surface area (Å²) in [5.41, 5.74) is -0.385. The molecule has 0 aliphatic rings. The van der Waals surface area contributed by atoms with Crippen molar-refractivity contribution in [3.63, 3.8) is 0 Å². The number of hydrogen-bond donors (Lipinski definition) is 2. The van der Waals surface area contributed by atoms with Crippen LogP contribution in [0.2, 0.25) is 0 Å². The summed E-state index contributed by atoms with van der Waals surface area (Å²) in [7, 11) is 2.94. The van der Waals surface area contributed by atoms with E-state index in [1.807, 2.05) is 0 Å². The smallest absolute Gasteiger partial charge is 0.342 e. The van der Waals surface area contributed by atoms with Gasteiger partial charge in [0.15, 0.2) is 17.2 Å². The molecule has 4 rings (SSSR count). The number of amides is 1. The lowest BCUT2D eigenvalue weighted by Crippen LogP contribution is -2.20. The predicted molar refractivity (Wildman–Crippen MR) is 126 cm³/mol. The van der Waals surface area contributed by atoms with Crippen molar-refractivity contribution < 1.29 is 28.9 Å². The first-order valence-corrected chi connectivity index (χ1v) is 10.4. The van der Waals surface area contributed by atoms with Crippen LogP contribution >= 0.6 is 0 Å². The second-order valence-corrected chi connectivity index (χ2v) is 7.30. The lowest BCUT2D eigenvalue weighted by Gasteiger charge is -2.07.